The van der Waals surface area contributed by atoms with Crippen LogP contribution in [0.2, 0.25) is 0 Å². The fourth-order valence-electron chi connectivity index (χ4n) is 1.91. The summed E-state index contributed by atoms with van der Waals surface area (Å²) in [6.45, 7) is 1.52. The standard InChI is InChI=1S/C15H11BrF4/c1-8-4-11(15(20)7-13(8)18)12(16)5-9-2-3-10(17)6-14(9)19/h2-4,6-7,12H,5H2,1H3. The molecule has 20 heavy (non-hydrogen) atoms. The molecule has 2 aromatic rings. The van der Waals surface area contributed by atoms with E-state index in [1.165, 1.54) is 19.1 Å². The molecule has 1 unspecified atom stereocenters. The predicted molar refractivity (Wildman–Crippen MR) is 72.8 cm³/mol. The molecule has 0 amide bonds. The van der Waals surface area contributed by atoms with E-state index in [9.17, 15) is 17.6 Å². The Morgan fingerprint density at radius 3 is 2.30 bits per heavy atom. The zero-order chi connectivity index (χ0) is 14.9. The van der Waals surface area contributed by atoms with Crippen molar-refractivity contribution in [2.75, 3.05) is 0 Å². The first-order chi connectivity index (χ1) is 9.38. The van der Waals surface area contributed by atoms with Crippen LogP contribution in [0.3, 0.4) is 0 Å². The minimum atomic E-state index is -0.697. The van der Waals surface area contributed by atoms with Gasteiger partial charge in [0.15, 0.2) is 0 Å². The van der Waals surface area contributed by atoms with Crippen LogP contribution in [-0.4, -0.2) is 0 Å². The largest absolute Gasteiger partial charge is 0.207 e. The van der Waals surface area contributed by atoms with E-state index in [4.69, 9.17) is 0 Å². The third-order valence-electron chi connectivity index (χ3n) is 3.03. The molecule has 0 saturated carbocycles. The van der Waals surface area contributed by atoms with Gasteiger partial charge in [-0.15, -0.1) is 0 Å². The normalized spacial score (nSPS) is 12.5. The molecule has 0 aliphatic rings. The molecule has 5 heteroatoms. The molecule has 0 aliphatic carbocycles. The fourth-order valence-corrected chi connectivity index (χ4v) is 2.61. The summed E-state index contributed by atoms with van der Waals surface area (Å²) in [4.78, 5) is -0.526. The predicted octanol–water partition coefficient (Wildman–Crippen LogP) is 5.23. The van der Waals surface area contributed by atoms with Crippen molar-refractivity contribution in [1.29, 1.82) is 0 Å². The Labute approximate surface area is 122 Å². The molecule has 0 aliphatic heterocycles. The van der Waals surface area contributed by atoms with Crippen LogP contribution in [0.4, 0.5) is 17.6 Å². The van der Waals surface area contributed by atoms with Crippen LogP contribution in [0.5, 0.6) is 0 Å². The highest BCUT2D eigenvalue weighted by Gasteiger charge is 2.17. The number of rotatable bonds is 3. The Hall–Kier alpha value is -1.36. The van der Waals surface area contributed by atoms with E-state index >= 15 is 0 Å². The van der Waals surface area contributed by atoms with Gasteiger partial charge in [0.25, 0.3) is 0 Å². The van der Waals surface area contributed by atoms with Crippen LogP contribution in [0.15, 0.2) is 30.3 Å². The van der Waals surface area contributed by atoms with Crippen molar-refractivity contribution in [3.8, 4) is 0 Å². The van der Waals surface area contributed by atoms with Crippen LogP contribution in [0, 0.1) is 30.2 Å². The van der Waals surface area contributed by atoms with Crippen LogP contribution in [0.1, 0.15) is 21.5 Å². The van der Waals surface area contributed by atoms with E-state index in [-0.39, 0.29) is 17.5 Å². The summed E-state index contributed by atoms with van der Waals surface area (Å²) in [5, 5.41) is 0. The lowest BCUT2D eigenvalue weighted by atomic mass is 10.0. The van der Waals surface area contributed by atoms with Gasteiger partial charge in [-0.1, -0.05) is 22.0 Å². The number of halogens is 5. The van der Waals surface area contributed by atoms with E-state index in [1.54, 1.807) is 0 Å². The molecule has 0 heterocycles. The van der Waals surface area contributed by atoms with Gasteiger partial charge in [-0.05, 0) is 36.6 Å². The smallest absolute Gasteiger partial charge is 0.130 e. The summed E-state index contributed by atoms with van der Waals surface area (Å²) >= 11 is 3.26. The van der Waals surface area contributed by atoms with Crippen molar-refractivity contribution >= 4 is 15.9 Å². The highest BCUT2D eigenvalue weighted by molar-refractivity contribution is 9.09. The minimum absolute atomic E-state index is 0.133. The van der Waals surface area contributed by atoms with Crippen molar-refractivity contribution in [3.05, 3.63) is 70.3 Å². The lowest BCUT2D eigenvalue weighted by Crippen LogP contribution is -2.02. The van der Waals surface area contributed by atoms with E-state index < -0.39 is 28.1 Å². The number of benzene rings is 2. The zero-order valence-corrected chi connectivity index (χ0v) is 12.1. The van der Waals surface area contributed by atoms with Crippen LogP contribution in [-0.2, 0) is 6.42 Å². The molecule has 0 fully saturated rings. The zero-order valence-electron chi connectivity index (χ0n) is 10.6. The third kappa shape index (κ3) is 3.20. The van der Waals surface area contributed by atoms with Crippen LogP contribution < -0.4 is 0 Å². The van der Waals surface area contributed by atoms with Crippen molar-refractivity contribution in [1.82, 2.24) is 0 Å². The molecule has 2 aromatic carbocycles. The van der Waals surface area contributed by atoms with Gasteiger partial charge in [-0.25, -0.2) is 17.6 Å². The molecular formula is C15H11BrF4. The number of aryl methyl sites for hydroxylation is 1. The minimum Gasteiger partial charge on any atom is -0.207 e. The average molecular weight is 347 g/mol. The number of hydrogen-bond donors (Lipinski definition) is 0. The summed E-state index contributed by atoms with van der Waals surface area (Å²) < 4.78 is 53.3. The molecule has 0 nitrogen and oxygen atoms in total. The lowest BCUT2D eigenvalue weighted by molar-refractivity contribution is 0.558. The molecule has 0 bridgehead atoms. The summed E-state index contributed by atoms with van der Waals surface area (Å²) in [7, 11) is 0. The maximum Gasteiger partial charge on any atom is 0.130 e. The first kappa shape index (κ1) is 15.0. The van der Waals surface area contributed by atoms with Gasteiger partial charge in [0, 0.05) is 22.5 Å². The summed E-state index contributed by atoms with van der Waals surface area (Å²) in [6.07, 6.45) is 0.133. The second-order valence-corrected chi connectivity index (χ2v) is 5.64. The van der Waals surface area contributed by atoms with Gasteiger partial charge >= 0.3 is 0 Å². The van der Waals surface area contributed by atoms with E-state index in [0.717, 1.165) is 18.2 Å². The third-order valence-corrected chi connectivity index (χ3v) is 3.85. The molecule has 0 radical (unpaired) electrons. The highest BCUT2D eigenvalue weighted by Crippen LogP contribution is 2.31. The summed E-state index contributed by atoms with van der Waals surface area (Å²) in [5.74, 6) is -2.67. The Balaban J connectivity index is 2.28. The summed E-state index contributed by atoms with van der Waals surface area (Å²) in [5.41, 5.74) is 0.813. The van der Waals surface area contributed by atoms with Gasteiger partial charge in [-0.2, -0.15) is 0 Å². The van der Waals surface area contributed by atoms with E-state index in [1.807, 2.05) is 0 Å². The average Bonchev–Trinajstić information content (AvgIpc) is 2.37. The van der Waals surface area contributed by atoms with Crippen LogP contribution >= 0.6 is 15.9 Å². The Kier molecular flexibility index (Phi) is 4.48. The van der Waals surface area contributed by atoms with Crippen molar-refractivity contribution in [2.24, 2.45) is 0 Å². The van der Waals surface area contributed by atoms with Crippen LogP contribution in [0.25, 0.3) is 0 Å². The van der Waals surface area contributed by atoms with Crippen molar-refractivity contribution in [2.45, 2.75) is 18.2 Å². The Morgan fingerprint density at radius 2 is 1.65 bits per heavy atom. The molecule has 0 N–H and O–H groups in total. The fraction of sp³-hybridized carbons (Fsp3) is 0.200. The van der Waals surface area contributed by atoms with E-state index in [2.05, 4.69) is 15.9 Å². The Morgan fingerprint density at radius 1 is 0.950 bits per heavy atom. The molecule has 106 valence electrons. The van der Waals surface area contributed by atoms with Gasteiger partial charge in [0.1, 0.15) is 23.3 Å². The van der Waals surface area contributed by atoms with Gasteiger partial charge < -0.3 is 0 Å². The van der Waals surface area contributed by atoms with E-state index in [0.29, 0.717) is 5.56 Å². The lowest BCUT2D eigenvalue weighted by Gasteiger charge is -2.13. The maximum absolute atomic E-state index is 13.7. The molecule has 0 aromatic heterocycles. The molecule has 0 spiro atoms. The Bertz CT molecular complexity index is 640. The molecule has 0 saturated heterocycles. The molecular weight excluding hydrogens is 336 g/mol. The van der Waals surface area contributed by atoms with Crippen molar-refractivity contribution in [3.63, 3.8) is 0 Å². The van der Waals surface area contributed by atoms with Gasteiger partial charge in [0.2, 0.25) is 0 Å². The highest BCUT2D eigenvalue weighted by atomic mass is 79.9. The van der Waals surface area contributed by atoms with Gasteiger partial charge in [0.05, 0.1) is 0 Å². The second-order valence-electron chi connectivity index (χ2n) is 4.53. The first-order valence-corrected chi connectivity index (χ1v) is 6.83. The first-order valence-electron chi connectivity index (χ1n) is 5.92. The quantitative estimate of drug-likeness (QED) is 0.527. The monoisotopic (exact) mass is 346 g/mol. The second kappa shape index (κ2) is 5.95. The summed E-state index contributed by atoms with van der Waals surface area (Å²) in [6, 6.07) is 5.42. The number of hydrogen-bond acceptors (Lipinski definition) is 0. The number of alkyl halides is 1. The topological polar surface area (TPSA) is 0 Å². The SMILES string of the molecule is Cc1cc(C(Br)Cc2ccc(F)cc2F)c(F)cc1F. The van der Waals surface area contributed by atoms with Crippen molar-refractivity contribution < 1.29 is 17.6 Å². The molecule has 2 rings (SSSR count). The van der Waals surface area contributed by atoms with Gasteiger partial charge in [-0.3, -0.25) is 0 Å². The molecule has 1 atom stereocenters. The maximum atomic E-state index is 13.7.